The molecule has 0 amide bonds. The van der Waals surface area contributed by atoms with Crippen molar-refractivity contribution in [1.82, 2.24) is 9.97 Å². The van der Waals surface area contributed by atoms with Crippen molar-refractivity contribution in [2.24, 2.45) is 0 Å². The number of pyridine rings is 1. The summed E-state index contributed by atoms with van der Waals surface area (Å²) in [6.07, 6.45) is 3.07. The van der Waals surface area contributed by atoms with Crippen LogP contribution in [0.3, 0.4) is 0 Å². The predicted molar refractivity (Wildman–Crippen MR) is 63.8 cm³/mol. The Morgan fingerprint density at radius 2 is 2.18 bits per heavy atom. The maximum Gasteiger partial charge on any atom is 0.187 e. The molecule has 5 heteroatoms. The average Bonchev–Trinajstić information content (AvgIpc) is 2.78. The molecular formula is C12H9N3OS. The molecule has 2 heterocycles. The van der Waals surface area contributed by atoms with Gasteiger partial charge in [-0.3, -0.25) is 9.78 Å². The van der Waals surface area contributed by atoms with E-state index < -0.39 is 5.92 Å². The number of hydrogen-bond donors (Lipinski definition) is 0. The Kier molecular flexibility index (Phi) is 3.26. The highest BCUT2D eigenvalue weighted by Gasteiger charge is 2.24. The normalized spacial score (nSPS) is 11.8. The first-order chi connectivity index (χ1) is 8.22. The van der Waals surface area contributed by atoms with Crippen LogP contribution < -0.4 is 0 Å². The Bertz CT molecular complexity index is 571. The van der Waals surface area contributed by atoms with Gasteiger partial charge in [0.2, 0.25) is 0 Å². The van der Waals surface area contributed by atoms with E-state index in [4.69, 9.17) is 5.26 Å². The summed E-state index contributed by atoms with van der Waals surface area (Å²) in [5.74, 6) is -1.06. The van der Waals surface area contributed by atoms with E-state index in [1.807, 2.05) is 18.4 Å². The molecular weight excluding hydrogens is 234 g/mol. The number of nitrogens with zero attached hydrogens (tertiary/aromatic N) is 3. The van der Waals surface area contributed by atoms with Crippen LogP contribution in [0.25, 0.3) is 0 Å². The fourth-order valence-electron chi connectivity index (χ4n) is 1.41. The first kappa shape index (κ1) is 11.4. The fourth-order valence-corrected chi connectivity index (χ4v) is 2.25. The van der Waals surface area contributed by atoms with E-state index in [0.717, 1.165) is 5.69 Å². The quantitative estimate of drug-likeness (QED) is 0.776. The van der Waals surface area contributed by atoms with Crippen LogP contribution in [-0.4, -0.2) is 15.8 Å². The number of nitriles is 1. The van der Waals surface area contributed by atoms with Gasteiger partial charge in [0.15, 0.2) is 11.7 Å². The molecule has 1 atom stereocenters. The van der Waals surface area contributed by atoms with Gasteiger partial charge in [0.05, 0.1) is 6.07 Å². The number of aromatic nitrogens is 2. The van der Waals surface area contributed by atoms with Crippen molar-refractivity contribution in [3.8, 4) is 6.07 Å². The Labute approximate surface area is 103 Å². The zero-order valence-electron chi connectivity index (χ0n) is 9.12. The number of rotatable bonds is 3. The molecule has 0 spiro atoms. The van der Waals surface area contributed by atoms with Gasteiger partial charge in [-0.15, -0.1) is 11.3 Å². The third-order valence-electron chi connectivity index (χ3n) is 2.24. The number of carbonyl (C=O) groups is 1. The van der Waals surface area contributed by atoms with E-state index in [0.29, 0.717) is 10.6 Å². The van der Waals surface area contributed by atoms with Crippen molar-refractivity contribution in [1.29, 1.82) is 5.26 Å². The minimum atomic E-state index is -0.823. The van der Waals surface area contributed by atoms with Gasteiger partial charge in [-0.25, -0.2) is 4.98 Å². The Balaban J connectivity index is 2.32. The number of ketones is 1. The highest BCUT2D eigenvalue weighted by Crippen LogP contribution is 2.23. The second-order valence-corrected chi connectivity index (χ2v) is 4.38. The van der Waals surface area contributed by atoms with Gasteiger partial charge in [0.1, 0.15) is 5.01 Å². The largest absolute Gasteiger partial charge is 0.292 e. The molecule has 0 fully saturated rings. The molecule has 0 bridgehead atoms. The van der Waals surface area contributed by atoms with Crippen molar-refractivity contribution in [3.05, 3.63) is 46.2 Å². The van der Waals surface area contributed by atoms with Gasteiger partial charge < -0.3 is 0 Å². The molecule has 0 saturated heterocycles. The fraction of sp³-hybridized carbons (Fsp3) is 0.167. The number of thiazole rings is 1. The Morgan fingerprint density at radius 3 is 2.71 bits per heavy atom. The van der Waals surface area contributed by atoms with Crippen LogP contribution in [0, 0.1) is 18.3 Å². The molecule has 4 nitrogen and oxygen atoms in total. The summed E-state index contributed by atoms with van der Waals surface area (Å²) < 4.78 is 0. The van der Waals surface area contributed by atoms with E-state index in [1.54, 1.807) is 12.1 Å². The molecule has 0 aliphatic heterocycles. The van der Waals surface area contributed by atoms with E-state index in [-0.39, 0.29) is 5.78 Å². The van der Waals surface area contributed by atoms with E-state index >= 15 is 0 Å². The molecule has 0 saturated carbocycles. The van der Waals surface area contributed by atoms with Gasteiger partial charge in [0.25, 0.3) is 0 Å². The zero-order valence-corrected chi connectivity index (χ0v) is 9.94. The maximum atomic E-state index is 12.1. The minimum Gasteiger partial charge on any atom is -0.292 e. The molecule has 0 unspecified atom stereocenters. The molecule has 2 rings (SSSR count). The topological polar surface area (TPSA) is 66.6 Å². The number of hydrogen-bond acceptors (Lipinski definition) is 5. The van der Waals surface area contributed by atoms with Crippen molar-refractivity contribution in [2.75, 3.05) is 0 Å². The minimum absolute atomic E-state index is 0.232. The standard InChI is InChI=1S/C12H9N3OS/c1-8-7-17-12(15-8)10(6-13)11(16)9-2-4-14-5-3-9/h2-5,7,10H,1H3/t10-/m1/s1. The highest BCUT2D eigenvalue weighted by atomic mass is 32.1. The highest BCUT2D eigenvalue weighted by molar-refractivity contribution is 7.10. The summed E-state index contributed by atoms with van der Waals surface area (Å²) in [5, 5.41) is 11.5. The number of Topliss-reactive ketones (excluding diaryl/α,β-unsaturated/α-hetero) is 1. The van der Waals surface area contributed by atoms with Crippen LogP contribution in [0.4, 0.5) is 0 Å². The lowest BCUT2D eigenvalue weighted by molar-refractivity contribution is 0.0978. The summed E-state index contributed by atoms with van der Waals surface area (Å²) >= 11 is 1.34. The molecule has 0 aliphatic rings. The van der Waals surface area contributed by atoms with Crippen LogP contribution in [0.2, 0.25) is 0 Å². The molecule has 2 aromatic rings. The third-order valence-corrected chi connectivity index (χ3v) is 3.27. The summed E-state index contributed by atoms with van der Waals surface area (Å²) in [4.78, 5) is 20.1. The van der Waals surface area contributed by atoms with E-state index in [2.05, 4.69) is 9.97 Å². The summed E-state index contributed by atoms with van der Waals surface area (Å²) in [7, 11) is 0. The number of carbonyl (C=O) groups excluding carboxylic acids is 1. The molecule has 2 aromatic heterocycles. The van der Waals surface area contributed by atoms with Crippen LogP contribution in [0.1, 0.15) is 27.0 Å². The summed E-state index contributed by atoms with van der Waals surface area (Å²) in [6.45, 7) is 1.84. The SMILES string of the molecule is Cc1csc([C@H](C#N)C(=O)c2ccncc2)n1. The first-order valence-electron chi connectivity index (χ1n) is 4.98. The van der Waals surface area contributed by atoms with Crippen LogP contribution in [-0.2, 0) is 0 Å². The van der Waals surface area contributed by atoms with Gasteiger partial charge in [-0.1, -0.05) is 0 Å². The summed E-state index contributed by atoms with van der Waals surface area (Å²) in [5.41, 5.74) is 1.31. The van der Waals surface area contributed by atoms with Crippen LogP contribution in [0.5, 0.6) is 0 Å². The van der Waals surface area contributed by atoms with Crippen molar-refractivity contribution in [3.63, 3.8) is 0 Å². The van der Waals surface area contributed by atoms with Crippen molar-refractivity contribution < 1.29 is 4.79 Å². The number of aryl methyl sites for hydroxylation is 1. The average molecular weight is 243 g/mol. The molecule has 84 valence electrons. The molecule has 0 N–H and O–H groups in total. The molecule has 17 heavy (non-hydrogen) atoms. The van der Waals surface area contributed by atoms with Gasteiger partial charge in [-0.05, 0) is 19.1 Å². The lowest BCUT2D eigenvalue weighted by atomic mass is 10.0. The Hall–Kier alpha value is -2.06. The lowest BCUT2D eigenvalue weighted by Gasteiger charge is -2.04. The van der Waals surface area contributed by atoms with Gasteiger partial charge >= 0.3 is 0 Å². The molecule has 0 aromatic carbocycles. The molecule has 0 aliphatic carbocycles. The third kappa shape index (κ3) is 2.37. The van der Waals surface area contributed by atoms with Crippen LogP contribution >= 0.6 is 11.3 Å². The second kappa shape index (κ2) is 4.85. The van der Waals surface area contributed by atoms with Gasteiger partial charge in [-0.2, -0.15) is 5.26 Å². The smallest absolute Gasteiger partial charge is 0.187 e. The van der Waals surface area contributed by atoms with E-state index in [9.17, 15) is 4.79 Å². The van der Waals surface area contributed by atoms with Crippen molar-refractivity contribution in [2.45, 2.75) is 12.8 Å². The van der Waals surface area contributed by atoms with Gasteiger partial charge in [0, 0.05) is 29.0 Å². The second-order valence-electron chi connectivity index (χ2n) is 3.49. The van der Waals surface area contributed by atoms with Crippen molar-refractivity contribution >= 4 is 17.1 Å². The van der Waals surface area contributed by atoms with E-state index in [1.165, 1.54) is 23.7 Å². The predicted octanol–water partition coefficient (Wildman–Crippen LogP) is 2.34. The first-order valence-corrected chi connectivity index (χ1v) is 5.86. The lowest BCUT2D eigenvalue weighted by Crippen LogP contribution is -2.11. The maximum absolute atomic E-state index is 12.1. The Morgan fingerprint density at radius 1 is 1.47 bits per heavy atom. The summed E-state index contributed by atoms with van der Waals surface area (Å²) in [6, 6.07) is 5.22. The monoisotopic (exact) mass is 243 g/mol. The zero-order chi connectivity index (χ0) is 12.3. The van der Waals surface area contributed by atoms with Crippen LogP contribution in [0.15, 0.2) is 29.9 Å². The molecule has 0 radical (unpaired) electrons.